The lowest BCUT2D eigenvalue weighted by Crippen LogP contribution is -2.53. The molecular weight excluding hydrogens is 301 g/mol. The number of amides is 2. The fraction of sp³-hybridized carbons (Fsp3) is 0.857. The second-order valence-electron chi connectivity index (χ2n) is 5.79. The molecule has 2 saturated heterocycles. The predicted octanol–water partition coefficient (Wildman–Crippen LogP) is 1.57. The van der Waals surface area contributed by atoms with E-state index >= 15 is 0 Å². The van der Waals surface area contributed by atoms with E-state index in [1.165, 1.54) is 4.90 Å². The van der Waals surface area contributed by atoms with E-state index < -0.39 is 25.3 Å². The molecule has 2 fully saturated rings. The van der Waals surface area contributed by atoms with Crippen LogP contribution in [-0.2, 0) is 14.3 Å². The van der Waals surface area contributed by atoms with Gasteiger partial charge in [-0.3, -0.25) is 9.59 Å². The van der Waals surface area contributed by atoms with Gasteiger partial charge in [0.25, 0.3) is 0 Å². The molecule has 2 rings (SSSR count). The first kappa shape index (κ1) is 17.1. The summed E-state index contributed by atoms with van der Waals surface area (Å²) in [5.74, 6) is -0.336. The fourth-order valence-electron chi connectivity index (χ4n) is 2.99. The van der Waals surface area contributed by atoms with E-state index in [0.717, 1.165) is 25.7 Å². The van der Waals surface area contributed by atoms with E-state index in [1.54, 1.807) is 0 Å². The van der Waals surface area contributed by atoms with Gasteiger partial charge in [-0.2, -0.15) is 13.2 Å². The molecule has 22 heavy (non-hydrogen) atoms. The maximum atomic E-state index is 12.0. The molecule has 0 bridgehead atoms. The van der Waals surface area contributed by atoms with Crippen molar-refractivity contribution in [3.8, 4) is 0 Å². The third-order valence-electron chi connectivity index (χ3n) is 4.04. The number of nitrogens with zero attached hydrogens (tertiary/aromatic N) is 2. The smallest absolute Gasteiger partial charge is 0.362 e. The number of likely N-dealkylation sites (tertiary alicyclic amines) is 2. The van der Waals surface area contributed by atoms with Crippen molar-refractivity contribution in [3.63, 3.8) is 0 Å². The maximum Gasteiger partial charge on any atom is 0.411 e. The quantitative estimate of drug-likeness (QED) is 0.789. The van der Waals surface area contributed by atoms with Crippen molar-refractivity contribution >= 4 is 11.8 Å². The summed E-state index contributed by atoms with van der Waals surface area (Å²) in [7, 11) is 0. The number of ether oxygens (including phenoxy) is 1. The van der Waals surface area contributed by atoms with Crippen LogP contribution in [0.25, 0.3) is 0 Å². The maximum absolute atomic E-state index is 12.0. The molecule has 0 aliphatic carbocycles. The lowest BCUT2D eigenvalue weighted by molar-refractivity contribution is -0.178. The highest BCUT2D eigenvalue weighted by atomic mass is 19.4. The number of piperidine rings is 2. The molecule has 2 aliphatic heterocycles. The molecule has 1 unspecified atom stereocenters. The van der Waals surface area contributed by atoms with Crippen molar-refractivity contribution in [2.45, 2.75) is 44.3 Å². The Balaban J connectivity index is 1.82. The Morgan fingerprint density at radius 2 is 2.00 bits per heavy atom. The van der Waals surface area contributed by atoms with E-state index in [1.807, 2.05) is 4.90 Å². The summed E-state index contributed by atoms with van der Waals surface area (Å²) in [6, 6.07) is -0.0203. The molecule has 0 aromatic carbocycles. The zero-order chi connectivity index (χ0) is 16.2. The van der Waals surface area contributed by atoms with E-state index in [0.29, 0.717) is 26.1 Å². The lowest BCUT2D eigenvalue weighted by atomic mass is 10.0. The van der Waals surface area contributed by atoms with Gasteiger partial charge in [0.15, 0.2) is 0 Å². The first-order chi connectivity index (χ1) is 10.4. The summed E-state index contributed by atoms with van der Waals surface area (Å²) in [6.07, 6.45) is -0.441. The highest BCUT2D eigenvalue weighted by Crippen LogP contribution is 2.21. The van der Waals surface area contributed by atoms with E-state index in [2.05, 4.69) is 4.74 Å². The van der Waals surface area contributed by atoms with Crippen molar-refractivity contribution in [3.05, 3.63) is 0 Å². The fourth-order valence-corrected chi connectivity index (χ4v) is 2.99. The first-order valence-corrected chi connectivity index (χ1v) is 7.58. The first-order valence-electron chi connectivity index (χ1n) is 7.58. The zero-order valence-corrected chi connectivity index (χ0v) is 12.4. The normalized spacial score (nSPS) is 23.8. The number of hydrogen-bond acceptors (Lipinski definition) is 3. The zero-order valence-electron chi connectivity index (χ0n) is 12.4. The Bertz CT molecular complexity index is 415. The van der Waals surface area contributed by atoms with Crippen molar-refractivity contribution < 1.29 is 27.5 Å². The molecule has 0 N–H and O–H groups in total. The number of alkyl halides is 3. The van der Waals surface area contributed by atoms with Crippen LogP contribution >= 0.6 is 0 Å². The van der Waals surface area contributed by atoms with Crippen LogP contribution in [0, 0.1) is 0 Å². The number of rotatable bonds is 4. The number of halogens is 3. The molecule has 0 aromatic rings. The second-order valence-corrected chi connectivity index (χ2v) is 5.79. The minimum atomic E-state index is -4.43. The number of carbonyl (C=O) groups is 2. The average Bonchev–Trinajstić information content (AvgIpc) is 2.46. The van der Waals surface area contributed by atoms with Gasteiger partial charge in [-0.1, -0.05) is 0 Å². The third-order valence-corrected chi connectivity index (χ3v) is 4.04. The molecular formula is C14H21F3N2O3. The third kappa shape index (κ3) is 4.86. The van der Waals surface area contributed by atoms with Crippen LogP contribution in [0.5, 0.6) is 0 Å². The van der Waals surface area contributed by atoms with Crippen LogP contribution in [0.2, 0.25) is 0 Å². The van der Waals surface area contributed by atoms with Gasteiger partial charge in [0.1, 0.15) is 13.2 Å². The molecule has 1 atom stereocenters. The SMILES string of the molecule is O=C(COCC(F)(F)F)N1CCCC(N2CCCCC2=O)C1. The van der Waals surface area contributed by atoms with Crippen LogP contribution in [0.3, 0.4) is 0 Å². The van der Waals surface area contributed by atoms with Crippen molar-refractivity contribution in [2.75, 3.05) is 32.8 Å². The highest BCUT2D eigenvalue weighted by molar-refractivity contribution is 5.79. The second kappa shape index (κ2) is 7.30. The molecule has 2 heterocycles. The molecule has 2 aliphatic rings. The van der Waals surface area contributed by atoms with Gasteiger partial charge >= 0.3 is 6.18 Å². The van der Waals surface area contributed by atoms with Crippen LogP contribution in [0.4, 0.5) is 13.2 Å². The largest absolute Gasteiger partial charge is 0.411 e. The number of hydrogen-bond donors (Lipinski definition) is 0. The van der Waals surface area contributed by atoms with Gasteiger partial charge in [0.05, 0.1) is 0 Å². The Morgan fingerprint density at radius 3 is 2.68 bits per heavy atom. The Labute approximate surface area is 127 Å². The van der Waals surface area contributed by atoms with Gasteiger partial charge in [-0.25, -0.2) is 0 Å². The minimum Gasteiger partial charge on any atom is -0.362 e. The summed E-state index contributed by atoms with van der Waals surface area (Å²) >= 11 is 0. The summed E-state index contributed by atoms with van der Waals surface area (Å²) in [6.45, 7) is -0.385. The van der Waals surface area contributed by atoms with Crippen LogP contribution in [0.15, 0.2) is 0 Å². The van der Waals surface area contributed by atoms with Crippen LogP contribution in [0.1, 0.15) is 32.1 Å². The summed E-state index contributed by atoms with van der Waals surface area (Å²) in [5, 5.41) is 0. The monoisotopic (exact) mass is 322 g/mol. The van der Waals surface area contributed by atoms with Crippen LogP contribution in [-0.4, -0.2) is 66.7 Å². The molecule has 0 spiro atoms. The Kier molecular flexibility index (Phi) is 5.66. The molecule has 0 radical (unpaired) electrons. The van der Waals surface area contributed by atoms with Crippen molar-refractivity contribution in [2.24, 2.45) is 0 Å². The van der Waals surface area contributed by atoms with Crippen molar-refractivity contribution in [1.82, 2.24) is 9.80 Å². The topological polar surface area (TPSA) is 49.9 Å². The summed E-state index contributed by atoms with van der Waals surface area (Å²) in [4.78, 5) is 27.2. The van der Waals surface area contributed by atoms with E-state index in [-0.39, 0.29) is 11.9 Å². The molecule has 2 amide bonds. The Morgan fingerprint density at radius 1 is 1.23 bits per heavy atom. The molecule has 8 heteroatoms. The highest BCUT2D eigenvalue weighted by Gasteiger charge is 2.32. The molecule has 0 aromatic heterocycles. The standard InChI is InChI=1S/C14H21F3N2O3/c15-14(16,17)10-22-9-13(21)18-6-3-4-11(8-18)19-7-2-1-5-12(19)20/h11H,1-10H2. The average molecular weight is 322 g/mol. The molecule has 0 saturated carbocycles. The number of carbonyl (C=O) groups excluding carboxylic acids is 2. The van der Waals surface area contributed by atoms with Crippen molar-refractivity contribution in [1.29, 1.82) is 0 Å². The van der Waals surface area contributed by atoms with Gasteiger partial charge in [-0.15, -0.1) is 0 Å². The summed E-state index contributed by atoms with van der Waals surface area (Å²) in [5.41, 5.74) is 0. The van der Waals surface area contributed by atoms with Crippen LogP contribution < -0.4 is 0 Å². The summed E-state index contributed by atoms with van der Waals surface area (Å²) < 4.78 is 40.4. The Hall–Kier alpha value is -1.31. The lowest BCUT2D eigenvalue weighted by Gasteiger charge is -2.41. The van der Waals surface area contributed by atoms with E-state index in [4.69, 9.17) is 0 Å². The minimum absolute atomic E-state index is 0.0203. The predicted molar refractivity (Wildman–Crippen MR) is 72.0 cm³/mol. The van der Waals surface area contributed by atoms with E-state index in [9.17, 15) is 22.8 Å². The molecule has 5 nitrogen and oxygen atoms in total. The van der Waals surface area contributed by atoms with Gasteiger partial charge in [-0.05, 0) is 25.7 Å². The van der Waals surface area contributed by atoms with Gasteiger partial charge in [0, 0.05) is 32.1 Å². The van der Waals surface area contributed by atoms with Gasteiger partial charge in [0.2, 0.25) is 11.8 Å². The van der Waals surface area contributed by atoms with Gasteiger partial charge < -0.3 is 14.5 Å². The molecule has 126 valence electrons.